The van der Waals surface area contributed by atoms with Crippen molar-refractivity contribution in [2.24, 2.45) is 0 Å². The van der Waals surface area contributed by atoms with E-state index in [2.05, 4.69) is 26.8 Å². The topological polar surface area (TPSA) is 0 Å². The summed E-state index contributed by atoms with van der Waals surface area (Å²) < 4.78 is 2.30. The molecule has 0 nitrogen and oxygen atoms in total. The van der Waals surface area contributed by atoms with Crippen molar-refractivity contribution in [1.29, 1.82) is 0 Å². The average molecular weight is 355 g/mol. The van der Waals surface area contributed by atoms with E-state index in [0.29, 0.717) is 0 Å². The fraction of sp³-hybridized carbons (Fsp3) is 0.750. The van der Waals surface area contributed by atoms with Crippen molar-refractivity contribution in [2.75, 3.05) is 18.5 Å². The van der Waals surface area contributed by atoms with Crippen LogP contribution in [0, 0.1) is 0 Å². The van der Waals surface area contributed by atoms with Crippen LogP contribution in [0.15, 0.2) is 12.1 Å². The number of thiophene rings is 1. The van der Waals surface area contributed by atoms with Crippen molar-refractivity contribution in [3.8, 4) is 0 Å². The van der Waals surface area contributed by atoms with Gasteiger partial charge in [-0.1, -0.05) is 0 Å². The molecule has 0 spiro atoms. The van der Waals surface area contributed by atoms with Crippen LogP contribution in [-0.2, 0) is 0 Å². The molecule has 0 unspecified atom stereocenters. The van der Waals surface area contributed by atoms with Crippen LogP contribution in [0.25, 0.3) is 0 Å². The van der Waals surface area contributed by atoms with Gasteiger partial charge in [-0.2, -0.15) is 0 Å². The van der Waals surface area contributed by atoms with Gasteiger partial charge in [-0.05, 0) is 0 Å². The Morgan fingerprint density at radius 3 is 1.65 bits per heavy atom. The van der Waals surface area contributed by atoms with E-state index >= 15 is 0 Å². The predicted molar refractivity (Wildman–Crippen MR) is 101 cm³/mol. The van der Waals surface area contributed by atoms with E-state index < -0.39 is 5.96 Å². The first-order valence-electron chi connectivity index (χ1n) is 7.97. The van der Waals surface area contributed by atoms with E-state index in [4.69, 9.17) is 22.8 Å². The molecule has 1 aromatic rings. The zero-order chi connectivity index (χ0) is 15.1. The molecule has 0 N–H and O–H groups in total. The van der Waals surface area contributed by atoms with E-state index in [0.717, 1.165) is 4.34 Å². The molecule has 0 aliphatic carbocycles. The van der Waals surface area contributed by atoms with Crippen LogP contribution in [0.5, 0.6) is 0 Å². The van der Waals surface area contributed by atoms with Gasteiger partial charge in [0, 0.05) is 0 Å². The first-order valence-corrected chi connectivity index (χ1v) is 12.9. The van der Waals surface area contributed by atoms with Crippen LogP contribution in [0.2, 0.25) is 4.34 Å². The summed E-state index contributed by atoms with van der Waals surface area (Å²) in [5.41, 5.74) is 0. The zero-order valence-electron chi connectivity index (χ0n) is 13.1. The van der Waals surface area contributed by atoms with Crippen molar-refractivity contribution in [1.82, 2.24) is 0 Å². The first-order chi connectivity index (χ1) is 9.49. The molecule has 1 rings (SSSR count). The van der Waals surface area contributed by atoms with Crippen LogP contribution < -0.4 is 4.62 Å². The molecule has 0 aromatic carbocycles. The Kier molecular flexibility index (Phi) is 7.85. The standard InChI is InChI=1S/C16H29Cl2PS/c1-4-7-12-19(18,13-8-5-2,14-9-6-3)16-11-10-15(17)20-16/h10-11H,4-9,12-14H2,1-3H3. The van der Waals surface area contributed by atoms with Crippen molar-refractivity contribution in [3.05, 3.63) is 16.5 Å². The summed E-state index contributed by atoms with van der Waals surface area (Å²) >= 11 is 15.5. The second kappa shape index (κ2) is 8.37. The number of hydrogen-bond donors (Lipinski definition) is 0. The molecule has 0 amide bonds. The third-order valence-electron chi connectivity index (χ3n) is 4.18. The molecule has 0 bridgehead atoms. The van der Waals surface area contributed by atoms with Gasteiger partial charge in [0.1, 0.15) is 0 Å². The number of halogens is 2. The maximum atomic E-state index is 7.56. The normalized spacial score (nSPS) is 14.2. The summed E-state index contributed by atoms with van der Waals surface area (Å²) in [6, 6.07) is 4.26. The van der Waals surface area contributed by atoms with E-state index in [-0.39, 0.29) is 0 Å². The van der Waals surface area contributed by atoms with E-state index in [1.54, 1.807) is 11.3 Å². The maximum absolute atomic E-state index is 7.56. The summed E-state index contributed by atoms with van der Waals surface area (Å²) in [6.07, 6.45) is 11.0. The first kappa shape index (κ1) is 18.8. The molecule has 4 heteroatoms. The van der Waals surface area contributed by atoms with Gasteiger partial charge < -0.3 is 0 Å². The van der Waals surface area contributed by atoms with Crippen LogP contribution >= 0.6 is 40.1 Å². The fourth-order valence-corrected chi connectivity index (χ4v) is 12.3. The summed E-state index contributed by atoms with van der Waals surface area (Å²) in [7, 11) is 0. The molecule has 118 valence electrons. The third kappa shape index (κ3) is 4.60. The molecule has 20 heavy (non-hydrogen) atoms. The Hall–Kier alpha value is 0.710. The molecule has 0 fully saturated rings. The van der Waals surface area contributed by atoms with Crippen molar-refractivity contribution >= 4 is 44.8 Å². The molecular weight excluding hydrogens is 326 g/mol. The summed E-state index contributed by atoms with van der Waals surface area (Å²) in [5, 5.41) is 0. The van der Waals surface area contributed by atoms with E-state index in [9.17, 15) is 0 Å². The SMILES string of the molecule is CCCCP(Cl)(CCCC)(CCCC)c1ccc(Cl)s1. The summed E-state index contributed by atoms with van der Waals surface area (Å²) in [5.74, 6) is -2.30. The van der Waals surface area contributed by atoms with Gasteiger partial charge in [0.15, 0.2) is 0 Å². The Balaban J connectivity index is 3.16. The molecule has 1 heterocycles. The predicted octanol–water partition coefficient (Wildman–Crippen LogP) is 7.13. The molecule has 0 atom stereocenters. The molecule has 0 aliphatic rings. The van der Waals surface area contributed by atoms with Gasteiger partial charge in [-0.25, -0.2) is 0 Å². The summed E-state index contributed by atoms with van der Waals surface area (Å²) in [4.78, 5) is 0. The van der Waals surface area contributed by atoms with Gasteiger partial charge in [0.2, 0.25) is 0 Å². The van der Waals surface area contributed by atoms with Crippen molar-refractivity contribution < 1.29 is 0 Å². The van der Waals surface area contributed by atoms with Crippen LogP contribution in [-0.4, -0.2) is 18.5 Å². The minimum atomic E-state index is -2.30. The quantitative estimate of drug-likeness (QED) is 0.392. The molecule has 1 aromatic heterocycles. The second-order valence-electron chi connectivity index (χ2n) is 5.90. The molecule has 0 saturated heterocycles. The molecule has 0 aliphatic heterocycles. The monoisotopic (exact) mass is 354 g/mol. The van der Waals surface area contributed by atoms with Gasteiger partial charge in [-0.15, -0.1) is 0 Å². The number of hydrogen-bond acceptors (Lipinski definition) is 1. The van der Waals surface area contributed by atoms with Crippen molar-refractivity contribution in [2.45, 2.75) is 59.3 Å². The van der Waals surface area contributed by atoms with Gasteiger partial charge >= 0.3 is 139 Å². The zero-order valence-corrected chi connectivity index (χ0v) is 16.4. The fourth-order valence-electron chi connectivity index (χ4n) is 2.83. The van der Waals surface area contributed by atoms with Crippen LogP contribution in [0.3, 0.4) is 0 Å². The van der Waals surface area contributed by atoms with Crippen LogP contribution in [0.4, 0.5) is 0 Å². The van der Waals surface area contributed by atoms with Gasteiger partial charge in [-0.3, -0.25) is 0 Å². The Morgan fingerprint density at radius 1 is 0.900 bits per heavy atom. The molecular formula is C16H29Cl2PS. The average Bonchev–Trinajstić information content (AvgIpc) is 2.89. The Morgan fingerprint density at radius 2 is 1.35 bits per heavy atom. The van der Waals surface area contributed by atoms with E-state index in [1.807, 2.05) is 6.07 Å². The van der Waals surface area contributed by atoms with Crippen molar-refractivity contribution in [3.63, 3.8) is 0 Å². The number of unbranched alkanes of at least 4 members (excludes halogenated alkanes) is 3. The summed E-state index contributed by atoms with van der Waals surface area (Å²) in [6.45, 7) is 6.79. The van der Waals surface area contributed by atoms with Gasteiger partial charge in [0.25, 0.3) is 0 Å². The third-order valence-corrected chi connectivity index (χ3v) is 14.6. The van der Waals surface area contributed by atoms with E-state index in [1.165, 1.54) is 61.6 Å². The number of rotatable bonds is 10. The van der Waals surface area contributed by atoms with Gasteiger partial charge in [0.05, 0.1) is 0 Å². The molecule has 0 saturated carbocycles. The minimum absolute atomic E-state index is 0.888. The Bertz CT molecular complexity index is 378. The second-order valence-corrected chi connectivity index (χ2v) is 15.6. The Labute approximate surface area is 139 Å². The molecule has 0 radical (unpaired) electrons. The van der Waals surface area contributed by atoms with Crippen LogP contribution in [0.1, 0.15) is 59.3 Å².